The van der Waals surface area contributed by atoms with Crippen LogP contribution in [0.1, 0.15) is 104 Å². The highest BCUT2D eigenvalue weighted by Gasteiger charge is 2.15. The predicted octanol–water partition coefficient (Wildman–Crippen LogP) is 4.88. The number of hydrogen-bond donors (Lipinski definition) is 3. The van der Waals surface area contributed by atoms with Gasteiger partial charge in [-0.1, -0.05) is 96.1 Å². The summed E-state index contributed by atoms with van der Waals surface area (Å²) in [6.07, 6.45) is 21.2. The van der Waals surface area contributed by atoms with Crippen LogP contribution in [0.15, 0.2) is 12.2 Å². The van der Waals surface area contributed by atoms with Crippen LogP contribution in [-0.4, -0.2) is 34.9 Å². The van der Waals surface area contributed by atoms with Gasteiger partial charge in [-0.2, -0.15) is 0 Å². The minimum absolute atomic E-state index is 0.243. The smallest absolute Gasteiger partial charge is 0.217 e. The third kappa shape index (κ3) is 16.6. The van der Waals surface area contributed by atoms with Crippen LogP contribution in [-0.2, 0) is 4.79 Å². The summed E-state index contributed by atoms with van der Waals surface area (Å²) in [7, 11) is 0. The lowest BCUT2D eigenvalue weighted by molar-refractivity contribution is -0.120. The quantitative estimate of drug-likeness (QED) is 0.238. The molecule has 0 unspecified atom stereocenters. The largest absolute Gasteiger partial charge is 0.394 e. The average Bonchev–Trinajstić information content (AvgIpc) is 2.62. The van der Waals surface area contributed by atoms with Gasteiger partial charge < -0.3 is 15.5 Å². The van der Waals surface area contributed by atoms with Gasteiger partial charge in [0.2, 0.25) is 5.91 Å². The van der Waals surface area contributed by atoms with Crippen molar-refractivity contribution in [1.82, 2.24) is 5.32 Å². The van der Waals surface area contributed by atoms with Crippen molar-refractivity contribution in [3.8, 4) is 0 Å². The zero-order valence-corrected chi connectivity index (χ0v) is 17.2. The number of unbranched alkanes of at least 4 members (excludes halogenated alkanes) is 13. The molecule has 0 aliphatic rings. The van der Waals surface area contributed by atoms with E-state index >= 15 is 0 Å². The molecule has 0 aromatic carbocycles. The molecule has 0 saturated heterocycles. The van der Waals surface area contributed by atoms with E-state index < -0.39 is 12.1 Å². The van der Waals surface area contributed by atoms with E-state index in [-0.39, 0.29) is 12.5 Å². The van der Waals surface area contributed by atoms with Gasteiger partial charge in [0.1, 0.15) is 0 Å². The molecule has 0 rings (SSSR count). The molecule has 0 aromatic rings. The van der Waals surface area contributed by atoms with E-state index in [2.05, 4.69) is 12.2 Å². The van der Waals surface area contributed by atoms with Gasteiger partial charge in [-0.25, -0.2) is 0 Å². The fourth-order valence-electron chi connectivity index (χ4n) is 3.15. The summed E-state index contributed by atoms with van der Waals surface area (Å²) in [5.41, 5.74) is 0. The maximum absolute atomic E-state index is 11.0. The molecule has 0 aromatic heterocycles. The first-order valence-corrected chi connectivity index (χ1v) is 10.8. The lowest BCUT2D eigenvalue weighted by Gasteiger charge is -2.18. The topological polar surface area (TPSA) is 69.6 Å². The predicted molar refractivity (Wildman–Crippen MR) is 110 cm³/mol. The van der Waals surface area contributed by atoms with Gasteiger partial charge in [0, 0.05) is 6.92 Å². The number of amides is 1. The Morgan fingerprint density at radius 1 is 0.885 bits per heavy atom. The molecule has 4 heteroatoms. The van der Waals surface area contributed by atoms with Crippen LogP contribution in [0.5, 0.6) is 0 Å². The fourth-order valence-corrected chi connectivity index (χ4v) is 3.15. The van der Waals surface area contributed by atoms with Crippen LogP contribution < -0.4 is 5.32 Å². The molecule has 1 amide bonds. The number of hydrogen-bond acceptors (Lipinski definition) is 3. The molecule has 26 heavy (non-hydrogen) atoms. The number of nitrogens with one attached hydrogen (secondary N) is 1. The average molecular weight is 370 g/mol. The molecule has 154 valence electrons. The number of aliphatic hydroxyl groups is 2. The summed E-state index contributed by atoms with van der Waals surface area (Å²) in [5.74, 6) is -0.243. The van der Waals surface area contributed by atoms with Crippen molar-refractivity contribution >= 4 is 5.91 Å². The van der Waals surface area contributed by atoms with E-state index in [1.54, 1.807) is 6.08 Å². The maximum atomic E-state index is 11.0. The maximum Gasteiger partial charge on any atom is 0.217 e. The summed E-state index contributed by atoms with van der Waals surface area (Å²) >= 11 is 0. The molecule has 4 nitrogen and oxygen atoms in total. The van der Waals surface area contributed by atoms with E-state index in [0.717, 1.165) is 12.8 Å². The zero-order valence-electron chi connectivity index (χ0n) is 17.2. The Morgan fingerprint density at radius 2 is 1.35 bits per heavy atom. The highest BCUT2D eigenvalue weighted by Crippen LogP contribution is 2.13. The third-order valence-electron chi connectivity index (χ3n) is 4.81. The number of aliphatic hydroxyl groups excluding tert-OH is 2. The molecule has 0 aliphatic heterocycles. The number of rotatable bonds is 18. The summed E-state index contributed by atoms with van der Waals surface area (Å²) < 4.78 is 0. The molecular formula is C22H43NO3. The van der Waals surface area contributed by atoms with Crippen molar-refractivity contribution in [3.63, 3.8) is 0 Å². The first-order chi connectivity index (χ1) is 12.6. The molecule has 2 atom stereocenters. The molecule has 0 spiro atoms. The van der Waals surface area contributed by atoms with Crippen molar-refractivity contribution in [2.45, 2.75) is 116 Å². The van der Waals surface area contributed by atoms with Crippen molar-refractivity contribution in [2.75, 3.05) is 6.61 Å². The zero-order chi connectivity index (χ0) is 19.5. The van der Waals surface area contributed by atoms with Crippen molar-refractivity contribution in [3.05, 3.63) is 12.2 Å². The molecule has 0 radical (unpaired) electrons. The molecule has 0 saturated carbocycles. The van der Waals surface area contributed by atoms with Gasteiger partial charge >= 0.3 is 0 Å². The van der Waals surface area contributed by atoms with Crippen LogP contribution in [0.4, 0.5) is 0 Å². The van der Waals surface area contributed by atoms with E-state index in [0.29, 0.717) is 0 Å². The van der Waals surface area contributed by atoms with Gasteiger partial charge in [0.05, 0.1) is 18.8 Å². The third-order valence-corrected chi connectivity index (χ3v) is 4.81. The van der Waals surface area contributed by atoms with Crippen LogP contribution in [0.2, 0.25) is 0 Å². The lowest BCUT2D eigenvalue weighted by Crippen LogP contribution is -2.44. The molecule has 0 fully saturated rings. The van der Waals surface area contributed by atoms with E-state index in [9.17, 15) is 9.90 Å². The van der Waals surface area contributed by atoms with Gasteiger partial charge in [-0.3, -0.25) is 4.79 Å². The first kappa shape index (κ1) is 25.1. The summed E-state index contributed by atoms with van der Waals surface area (Å²) in [4.78, 5) is 11.0. The number of carbonyl (C=O) groups excluding carboxylic acids is 1. The summed E-state index contributed by atoms with van der Waals surface area (Å²) in [5, 5.41) is 21.6. The number of allylic oxidation sites excluding steroid dienone is 1. The van der Waals surface area contributed by atoms with Crippen LogP contribution in [0.3, 0.4) is 0 Å². The van der Waals surface area contributed by atoms with Crippen molar-refractivity contribution < 1.29 is 15.0 Å². The van der Waals surface area contributed by atoms with Gasteiger partial charge in [-0.05, 0) is 12.8 Å². The van der Waals surface area contributed by atoms with E-state index in [1.807, 2.05) is 6.08 Å². The van der Waals surface area contributed by atoms with Crippen molar-refractivity contribution in [2.24, 2.45) is 0 Å². The Balaban J connectivity index is 3.41. The van der Waals surface area contributed by atoms with Crippen molar-refractivity contribution in [1.29, 1.82) is 0 Å². The van der Waals surface area contributed by atoms with Gasteiger partial charge in [0.25, 0.3) is 0 Å². The van der Waals surface area contributed by atoms with Crippen LogP contribution in [0, 0.1) is 0 Å². The Hall–Kier alpha value is -0.870. The Bertz CT molecular complexity index is 344. The van der Waals surface area contributed by atoms with E-state index in [1.165, 1.54) is 84.0 Å². The second-order valence-electron chi connectivity index (χ2n) is 7.44. The normalized spacial score (nSPS) is 13.8. The second-order valence-corrected chi connectivity index (χ2v) is 7.44. The number of carbonyl (C=O) groups is 1. The molecule has 3 N–H and O–H groups in total. The van der Waals surface area contributed by atoms with Gasteiger partial charge in [-0.15, -0.1) is 0 Å². The first-order valence-electron chi connectivity index (χ1n) is 10.8. The molecule has 0 heterocycles. The van der Waals surface area contributed by atoms with E-state index in [4.69, 9.17) is 5.11 Å². The molecular weight excluding hydrogens is 326 g/mol. The highest BCUT2D eigenvalue weighted by atomic mass is 16.3. The Labute approximate surface area is 161 Å². The Morgan fingerprint density at radius 3 is 1.77 bits per heavy atom. The second kappa shape index (κ2) is 18.9. The lowest BCUT2D eigenvalue weighted by atomic mass is 10.0. The standard InChI is InChI=1S/C22H43NO3/c1-3-4-5-6-7-8-9-10-11-12-13-14-15-16-17-18-22(26)21(19-24)23-20(2)25/h17-18,21-22,24,26H,3-16,19H2,1-2H3,(H,23,25)/b18-17+/t21-,22+/m0/s1. The summed E-state index contributed by atoms with van der Waals surface area (Å²) in [6, 6.07) is -0.615. The summed E-state index contributed by atoms with van der Waals surface area (Å²) in [6.45, 7) is 3.39. The highest BCUT2D eigenvalue weighted by molar-refractivity contribution is 5.73. The van der Waals surface area contributed by atoms with Crippen LogP contribution >= 0.6 is 0 Å². The minimum Gasteiger partial charge on any atom is -0.394 e. The van der Waals surface area contributed by atoms with Gasteiger partial charge in [0.15, 0.2) is 0 Å². The SMILES string of the molecule is CCCCCCCCCCCCCCC/C=C/[C@@H](O)[C@H](CO)NC(C)=O. The minimum atomic E-state index is -0.828. The molecule has 0 bridgehead atoms. The van der Waals surface area contributed by atoms with Crippen LogP contribution in [0.25, 0.3) is 0 Å². The fraction of sp³-hybridized carbons (Fsp3) is 0.864. The Kier molecular flexibility index (Phi) is 18.3. The monoisotopic (exact) mass is 369 g/mol. The molecule has 0 aliphatic carbocycles.